The Morgan fingerprint density at radius 2 is 1.59 bits per heavy atom. The first kappa shape index (κ1) is 19.5. The lowest BCUT2D eigenvalue weighted by atomic mass is 10.1. The number of amides is 1. The van der Waals surface area contributed by atoms with Crippen LogP contribution in [0, 0.1) is 20.2 Å². The average Bonchev–Trinajstić information content (AvgIpc) is 2.60. The average molecular weight is 382 g/mol. The molecule has 0 unspecified atom stereocenters. The van der Waals surface area contributed by atoms with Gasteiger partial charge >= 0.3 is 6.18 Å². The molecule has 2 rings (SSSR count). The Morgan fingerprint density at radius 3 is 2.11 bits per heavy atom. The predicted octanol–water partition coefficient (Wildman–Crippen LogP) is 3.29. The predicted molar refractivity (Wildman–Crippen MR) is 86.3 cm³/mol. The van der Waals surface area contributed by atoms with Gasteiger partial charge in [0.25, 0.3) is 17.3 Å². The molecule has 0 bridgehead atoms. The number of carbonyl (C=O) groups is 1. The Hall–Kier alpha value is -3.83. The molecule has 12 heteroatoms. The second kappa shape index (κ2) is 7.59. The van der Waals surface area contributed by atoms with Crippen LogP contribution < -0.4 is 5.43 Å². The first-order chi connectivity index (χ1) is 12.6. The molecule has 0 saturated carbocycles. The van der Waals surface area contributed by atoms with Crippen LogP contribution in [0.1, 0.15) is 21.5 Å². The lowest BCUT2D eigenvalue weighted by Crippen LogP contribution is -2.18. The number of halogens is 3. The van der Waals surface area contributed by atoms with Gasteiger partial charge in [-0.15, -0.1) is 0 Å². The number of hydrogen-bond acceptors (Lipinski definition) is 6. The molecule has 2 aromatic rings. The maximum absolute atomic E-state index is 12.9. The second-order valence-corrected chi connectivity index (χ2v) is 5.04. The van der Waals surface area contributed by atoms with E-state index in [2.05, 4.69) is 5.10 Å². The van der Waals surface area contributed by atoms with E-state index < -0.39 is 44.4 Å². The molecule has 27 heavy (non-hydrogen) atoms. The monoisotopic (exact) mass is 382 g/mol. The number of rotatable bonds is 5. The Balaban J connectivity index is 2.25. The number of non-ortho nitro benzene ring substituents is 2. The second-order valence-electron chi connectivity index (χ2n) is 5.04. The summed E-state index contributed by atoms with van der Waals surface area (Å²) in [4.78, 5) is 31.7. The van der Waals surface area contributed by atoms with Crippen LogP contribution in [-0.4, -0.2) is 22.0 Å². The summed E-state index contributed by atoms with van der Waals surface area (Å²) in [5.74, 6) is -1.07. The molecular weight excluding hydrogens is 373 g/mol. The third kappa shape index (κ3) is 4.84. The number of nitro groups is 2. The first-order valence-electron chi connectivity index (χ1n) is 7.03. The summed E-state index contributed by atoms with van der Waals surface area (Å²) in [6.45, 7) is 0. The van der Waals surface area contributed by atoms with Gasteiger partial charge in [-0.1, -0.05) is 18.2 Å². The summed E-state index contributed by atoms with van der Waals surface area (Å²) in [6, 6.07) is 6.69. The number of alkyl halides is 3. The van der Waals surface area contributed by atoms with E-state index >= 15 is 0 Å². The zero-order valence-electron chi connectivity index (χ0n) is 13.1. The molecule has 0 spiro atoms. The molecule has 9 nitrogen and oxygen atoms in total. The van der Waals surface area contributed by atoms with Gasteiger partial charge in [0.05, 0.1) is 33.3 Å². The topological polar surface area (TPSA) is 128 Å². The Labute approximate surface area is 148 Å². The molecule has 0 fully saturated rings. The minimum Gasteiger partial charge on any atom is -0.267 e. The highest BCUT2D eigenvalue weighted by Gasteiger charge is 2.32. The highest BCUT2D eigenvalue weighted by atomic mass is 19.4. The molecule has 0 aromatic heterocycles. The molecule has 1 N–H and O–H groups in total. The van der Waals surface area contributed by atoms with Crippen LogP contribution in [0.5, 0.6) is 0 Å². The Kier molecular flexibility index (Phi) is 5.48. The lowest BCUT2D eigenvalue weighted by molar-refractivity contribution is -0.394. The molecule has 0 atom stereocenters. The third-order valence-corrected chi connectivity index (χ3v) is 3.22. The van der Waals surface area contributed by atoms with Crippen LogP contribution in [0.4, 0.5) is 24.5 Å². The van der Waals surface area contributed by atoms with Crippen LogP contribution in [0.15, 0.2) is 47.6 Å². The van der Waals surface area contributed by atoms with Gasteiger partial charge in [0, 0.05) is 17.7 Å². The standard InChI is InChI=1S/C15H9F3N4O5/c16-15(17,18)13-4-2-1-3-9(13)8-19-20-14(23)10-5-11(21(24)25)7-12(6-10)22(26)27/h1-8H,(H,20,23)/b19-8+. The minimum absolute atomic E-state index is 0.324. The number of hydrogen-bond donors (Lipinski definition) is 1. The first-order valence-corrected chi connectivity index (χ1v) is 7.03. The molecule has 0 saturated heterocycles. The van der Waals surface area contributed by atoms with Crippen LogP contribution in [0.2, 0.25) is 0 Å². The largest absolute Gasteiger partial charge is 0.417 e. The maximum atomic E-state index is 12.9. The number of nitrogens with zero attached hydrogens (tertiary/aromatic N) is 3. The molecule has 2 aromatic carbocycles. The molecule has 0 aliphatic heterocycles. The summed E-state index contributed by atoms with van der Waals surface area (Å²) in [5, 5.41) is 25.0. The van der Waals surface area contributed by atoms with E-state index in [0.29, 0.717) is 6.07 Å². The van der Waals surface area contributed by atoms with Gasteiger partial charge in [0.2, 0.25) is 0 Å². The van der Waals surface area contributed by atoms with Crippen molar-refractivity contribution < 1.29 is 27.8 Å². The number of carbonyl (C=O) groups excluding carboxylic acids is 1. The summed E-state index contributed by atoms with van der Waals surface area (Å²) in [5.41, 5.74) is -1.26. The van der Waals surface area contributed by atoms with E-state index in [9.17, 15) is 38.2 Å². The molecule has 0 heterocycles. The summed E-state index contributed by atoms with van der Waals surface area (Å²) >= 11 is 0. The fourth-order valence-corrected chi connectivity index (χ4v) is 2.03. The van der Waals surface area contributed by atoms with E-state index in [1.54, 1.807) is 0 Å². The van der Waals surface area contributed by atoms with Crippen molar-refractivity contribution in [1.82, 2.24) is 5.43 Å². The van der Waals surface area contributed by atoms with Crippen molar-refractivity contribution >= 4 is 23.5 Å². The van der Waals surface area contributed by atoms with Crippen molar-refractivity contribution in [3.8, 4) is 0 Å². The summed E-state index contributed by atoms with van der Waals surface area (Å²) in [6.07, 6.45) is -3.89. The quantitative estimate of drug-likeness (QED) is 0.482. The van der Waals surface area contributed by atoms with E-state index in [-0.39, 0.29) is 5.56 Å². The normalized spacial score (nSPS) is 11.4. The van der Waals surface area contributed by atoms with Gasteiger partial charge in [0.1, 0.15) is 0 Å². The molecule has 1 amide bonds. The van der Waals surface area contributed by atoms with Gasteiger partial charge < -0.3 is 0 Å². The van der Waals surface area contributed by atoms with E-state index in [1.807, 2.05) is 5.43 Å². The van der Waals surface area contributed by atoms with Crippen LogP contribution >= 0.6 is 0 Å². The number of hydrazone groups is 1. The molecular formula is C15H9F3N4O5. The molecule has 140 valence electrons. The van der Waals surface area contributed by atoms with Gasteiger partial charge in [-0.3, -0.25) is 25.0 Å². The van der Waals surface area contributed by atoms with Gasteiger partial charge in [0.15, 0.2) is 0 Å². The molecule has 0 aliphatic carbocycles. The van der Waals surface area contributed by atoms with Crippen molar-refractivity contribution in [1.29, 1.82) is 0 Å². The van der Waals surface area contributed by atoms with Crippen molar-refractivity contribution in [3.63, 3.8) is 0 Å². The smallest absolute Gasteiger partial charge is 0.267 e. The van der Waals surface area contributed by atoms with Gasteiger partial charge in [-0.05, 0) is 6.07 Å². The maximum Gasteiger partial charge on any atom is 0.417 e. The SMILES string of the molecule is O=C(N/N=C/c1ccccc1C(F)(F)F)c1cc([N+](=O)[O-])cc([N+](=O)[O-])c1. The molecule has 0 aliphatic rings. The number of benzene rings is 2. The highest BCUT2D eigenvalue weighted by molar-refractivity contribution is 5.96. The van der Waals surface area contributed by atoms with Crippen LogP contribution in [0.3, 0.4) is 0 Å². The van der Waals surface area contributed by atoms with Gasteiger partial charge in [-0.2, -0.15) is 18.3 Å². The zero-order valence-corrected chi connectivity index (χ0v) is 13.1. The summed E-state index contributed by atoms with van der Waals surface area (Å²) in [7, 11) is 0. The van der Waals surface area contributed by atoms with E-state index in [1.165, 1.54) is 12.1 Å². The lowest BCUT2D eigenvalue weighted by Gasteiger charge is -2.09. The number of nitro benzene ring substituents is 2. The van der Waals surface area contributed by atoms with E-state index in [0.717, 1.165) is 30.5 Å². The van der Waals surface area contributed by atoms with E-state index in [4.69, 9.17) is 0 Å². The zero-order chi connectivity index (χ0) is 20.2. The van der Waals surface area contributed by atoms with Crippen molar-refractivity contribution in [2.75, 3.05) is 0 Å². The fourth-order valence-electron chi connectivity index (χ4n) is 2.03. The minimum atomic E-state index is -4.63. The highest BCUT2D eigenvalue weighted by Crippen LogP contribution is 2.31. The molecule has 0 radical (unpaired) electrons. The van der Waals surface area contributed by atoms with Crippen LogP contribution in [0.25, 0.3) is 0 Å². The van der Waals surface area contributed by atoms with Crippen molar-refractivity contribution in [2.45, 2.75) is 6.18 Å². The summed E-state index contributed by atoms with van der Waals surface area (Å²) < 4.78 is 38.6. The third-order valence-electron chi connectivity index (χ3n) is 3.22. The van der Waals surface area contributed by atoms with Crippen molar-refractivity contribution in [2.24, 2.45) is 5.10 Å². The van der Waals surface area contributed by atoms with Crippen molar-refractivity contribution in [3.05, 3.63) is 79.4 Å². The fraction of sp³-hybridized carbons (Fsp3) is 0.0667. The Bertz CT molecular complexity index is 911. The Morgan fingerprint density at radius 1 is 1.04 bits per heavy atom. The van der Waals surface area contributed by atoms with Gasteiger partial charge in [-0.25, -0.2) is 5.43 Å². The van der Waals surface area contributed by atoms with Crippen LogP contribution in [-0.2, 0) is 6.18 Å². The number of nitrogens with one attached hydrogen (secondary N) is 1.